The van der Waals surface area contributed by atoms with Crippen LogP contribution in [-0.2, 0) is 6.54 Å². The third-order valence-corrected chi connectivity index (χ3v) is 3.86. The van der Waals surface area contributed by atoms with Crippen molar-refractivity contribution in [2.75, 3.05) is 11.9 Å². The summed E-state index contributed by atoms with van der Waals surface area (Å²) in [6.07, 6.45) is 4.27. The minimum Gasteiger partial charge on any atom is -0.358 e. The summed E-state index contributed by atoms with van der Waals surface area (Å²) in [7, 11) is 0. The zero-order valence-corrected chi connectivity index (χ0v) is 12.0. The van der Waals surface area contributed by atoms with Crippen LogP contribution in [0.5, 0.6) is 0 Å². The molecule has 1 saturated carbocycles. The second kappa shape index (κ2) is 5.24. The Labute approximate surface area is 116 Å². The Morgan fingerprint density at radius 1 is 1.47 bits per heavy atom. The van der Waals surface area contributed by atoms with Crippen LogP contribution < -0.4 is 5.32 Å². The van der Waals surface area contributed by atoms with Crippen molar-refractivity contribution in [2.24, 2.45) is 0 Å². The molecule has 0 unspecified atom stereocenters. The summed E-state index contributed by atoms with van der Waals surface area (Å²) in [4.78, 5) is 4.50. The van der Waals surface area contributed by atoms with Gasteiger partial charge >= 0.3 is 0 Å². The van der Waals surface area contributed by atoms with Crippen LogP contribution >= 0.6 is 11.5 Å². The molecule has 2 aromatic heterocycles. The molecule has 1 aliphatic carbocycles. The Balaban J connectivity index is 1.53. The summed E-state index contributed by atoms with van der Waals surface area (Å²) < 4.78 is 6.46. The largest absolute Gasteiger partial charge is 0.358 e. The molecule has 7 heteroatoms. The molecule has 3 rings (SSSR count). The third-order valence-electron chi connectivity index (χ3n) is 3.18. The number of hydrogen-bond donors (Lipinski definition) is 1. The average Bonchev–Trinajstić information content (AvgIpc) is 2.95. The Kier molecular flexibility index (Phi) is 3.46. The van der Waals surface area contributed by atoms with Crippen molar-refractivity contribution < 1.29 is 0 Å². The minimum atomic E-state index is 0.394. The fourth-order valence-corrected chi connectivity index (χ4v) is 2.65. The van der Waals surface area contributed by atoms with Gasteiger partial charge in [0.1, 0.15) is 18.0 Å². The summed E-state index contributed by atoms with van der Waals surface area (Å²) >= 11 is 1.45. The van der Waals surface area contributed by atoms with Gasteiger partial charge in [-0.25, -0.2) is 4.98 Å². The molecular formula is C12H18N6S. The van der Waals surface area contributed by atoms with Crippen LogP contribution in [0.4, 0.5) is 5.13 Å². The molecule has 0 bridgehead atoms. The third kappa shape index (κ3) is 2.91. The van der Waals surface area contributed by atoms with Crippen LogP contribution in [0.3, 0.4) is 0 Å². The van der Waals surface area contributed by atoms with Crippen molar-refractivity contribution in [1.29, 1.82) is 0 Å². The lowest BCUT2D eigenvalue weighted by Crippen LogP contribution is -2.13. The molecule has 0 amide bonds. The second-order valence-electron chi connectivity index (χ2n) is 5.20. The Morgan fingerprint density at radius 2 is 2.32 bits per heavy atom. The molecule has 2 aromatic rings. The van der Waals surface area contributed by atoms with Crippen LogP contribution in [0.1, 0.15) is 50.2 Å². The standard InChI is InChI=1S/C12H18N6S/c1-8(2)11-16-14-7-18(11)6-5-13-12-15-10(17-19-12)9-3-4-9/h7-9H,3-6H2,1-2H3,(H,13,15,17). The summed E-state index contributed by atoms with van der Waals surface area (Å²) in [5.74, 6) is 3.06. The average molecular weight is 278 g/mol. The maximum absolute atomic E-state index is 4.50. The van der Waals surface area contributed by atoms with Crippen molar-refractivity contribution in [2.45, 2.75) is 45.1 Å². The Hall–Kier alpha value is -1.50. The van der Waals surface area contributed by atoms with Crippen LogP contribution in [0.25, 0.3) is 0 Å². The summed E-state index contributed by atoms with van der Waals surface area (Å²) in [5, 5.41) is 12.3. The number of nitrogens with one attached hydrogen (secondary N) is 1. The SMILES string of the molecule is CC(C)c1nncn1CCNc1nc(C2CC2)ns1. The molecule has 19 heavy (non-hydrogen) atoms. The Morgan fingerprint density at radius 3 is 3.05 bits per heavy atom. The van der Waals surface area contributed by atoms with Gasteiger partial charge in [-0.1, -0.05) is 13.8 Å². The first kappa shape index (κ1) is 12.5. The van der Waals surface area contributed by atoms with Gasteiger partial charge in [-0.15, -0.1) is 10.2 Å². The molecule has 0 aliphatic heterocycles. The predicted octanol–water partition coefficient (Wildman–Crippen LogP) is 2.24. The lowest BCUT2D eigenvalue weighted by Gasteiger charge is -2.08. The van der Waals surface area contributed by atoms with Gasteiger partial charge in [-0.2, -0.15) is 4.37 Å². The van der Waals surface area contributed by atoms with Crippen molar-refractivity contribution in [3.63, 3.8) is 0 Å². The van der Waals surface area contributed by atoms with Gasteiger partial charge in [-0.05, 0) is 12.8 Å². The zero-order valence-electron chi connectivity index (χ0n) is 11.2. The molecular weight excluding hydrogens is 260 g/mol. The molecule has 2 heterocycles. The van der Waals surface area contributed by atoms with E-state index in [2.05, 4.69) is 43.3 Å². The molecule has 0 radical (unpaired) electrons. The smallest absolute Gasteiger partial charge is 0.202 e. The summed E-state index contributed by atoms with van der Waals surface area (Å²) in [6, 6.07) is 0. The van der Waals surface area contributed by atoms with Crippen molar-refractivity contribution in [3.8, 4) is 0 Å². The van der Waals surface area contributed by atoms with E-state index in [1.807, 2.05) is 0 Å². The van der Waals surface area contributed by atoms with Crippen molar-refractivity contribution in [1.82, 2.24) is 24.1 Å². The quantitative estimate of drug-likeness (QED) is 0.877. The van der Waals surface area contributed by atoms with Crippen molar-refractivity contribution in [3.05, 3.63) is 18.0 Å². The number of hydrogen-bond acceptors (Lipinski definition) is 6. The fraction of sp³-hybridized carbons (Fsp3) is 0.667. The topological polar surface area (TPSA) is 68.5 Å². The van der Waals surface area contributed by atoms with Crippen LogP contribution in [-0.4, -0.2) is 30.7 Å². The van der Waals surface area contributed by atoms with E-state index in [1.165, 1.54) is 24.4 Å². The van der Waals surface area contributed by atoms with E-state index in [-0.39, 0.29) is 0 Å². The van der Waals surface area contributed by atoms with Gasteiger partial charge in [0, 0.05) is 36.5 Å². The molecule has 1 N–H and O–H groups in total. The highest BCUT2D eigenvalue weighted by atomic mass is 32.1. The van der Waals surface area contributed by atoms with Gasteiger partial charge in [-0.3, -0.25) is 0 Å². The van der Waals surface area contributed by atoms with E-state index in [9.17, 15) is 0 Å². The number of rotatable bonds is 6. The molecule has 0 saturated heterocycles. The van der Waals surface area contributed by atoms with Gasteiger partial charge in [0.05, 0.1) is 0 Å². The lowest BCUT2D eigenvalue weighted by molar-refractivity contribution is 0.637. The van der Waals surface area contributed by atoms with Gasteiger partial charge < -0.3 is 9.88 Å². The van der Waals surface area contributed by atoms with E-state index < -0.39 is 0 Å². The number of nitrogens with zero attached hydrogens (tertiary/aromatic N) is 5. The van der Waals surface area contributed by atoms with E-state index in [0.717, 1.165) is 29.9 Å². The second-order valence-corrected chi connectivity index (χ2v) is 5.95. The van der Waals surface area contributed by atoms with Crippen LogP contribution in [0.2, 0.25) is 0 Å². The summed E-state index contributed by atoms with van der Waals surface area (Å²) in [6.45, 7) is 5.91. The van der Waals surface area contributed by atoms with E-state index in [1.54, 1.807) is 6.33 Å². The maximum atomic E-state index is 4.50. The maximum Gasteiger partial charge on any atom is 0.202 e. The number of aromatic nitrogens is 5. The van der Waals surface area contributed by atoms with Crippen LogP contribution in [0, 0.1) is 0 Å². The monoisotopic (exact) mass is 278 g/mol. The first-order valence-electron chi connectivity index (χ1n) is 6.69. The lowest BCUT2D eigenvalue weighted by atomic mass is 10.2. The Bertz CT molecular complexity index is 542. The van der Waals surface area contributed by atoms with Gasteiger partial charge in [0.15, 0.2) is 0 Å². The predicted molar refractivity (Wildman–Crippen MR) is 74.5 cm³/mol. The van der Waals surface area contributed by atoms with Crippen LogP contribution in [0.15, 0.2) is 6.33 Å². The summed E-state index contributed by atoms with van der Waals surface area (Å²) in [5.41, 5.74) is 0. The highest BCUT2D eigenvalue weighted by Crippen LogP contribution is 2.39. The van der Waals surface area contributed by atoms with E-state index in [4.69, 9.17) is 0 Å². The minimum absolute atomic E-state index is 0.394. The molecule has 102 valence electrons. The highest BCUT2D eigenvalue weighted by Gasteiger charge is 2.27. The number of anilines is 1. The zero-order chi connectivity index (χ0) is 13.2. The molecule has 6 nitrogen and oxygen atoms in total. The van der Waals surface area contributed by atoms with Gasteiger partial charge in [0.2, 0.25) is 5.13 Å². The van der Waals surface area contributed by atoms with Gasteiger partial charge in [0.25, 0.3) is 0 Å². The first-order valence-corrected chi connectivity index (χ1v) is 7.46. The molecule has 0 spiro atoms. The molecule has 0 atom stereocenters. The fourth-order valence-electron chi connectivity index (χ4n) is 1.98. The normalized spacial score (nSPS) is 15.1. The van der Waals surface area contributed by atoms with Crippen molar-refractivity contribution >= 4 is 16.7 Å². The molecule has 0 aromatic carbocycles. The van der Waals surface area contributed by atoms with E-state index in [0.29, 0.717) is 11.8 Å². The molecule has 1 aliphatic rings. The first-order chi connectivity index (χ1) is 9.24. The van der Waals surface area contributed by atoms with E-state index >= 15 is 0 Å². The molecule has 1 fully saturated rings. The highest BCUT2D eigenvalue weighted by molar-refractivity contribution is 7.09.